The molecule has 0 aromatic rings. The number of allylic oxidation sites excluding steroid dienone is 1. The number of piperazine rings is 1. The van der Waals surface area contributed by atoms with Crippen molar-refractivity contribution in [1.82, 2.24) is 30.2 Å². The van der Waals surface area contributed by atoms with Gasteiger partial charge in [0, 0.05) is 63.5 Å². The average Bonchev–Trinajstić information content (AvgIpc) is 3.09. The number of unbranched alkanes of at least 4 members (excludes halogenated alkanes) is 2. The summed E-state index contributed by atoms with van der Waals surface area (Å²) in [6.07, 6.45) is 6.61. The van der Waals surface area contributed by atoms with Gasteiger partial charge in [0.05, 0.1) is 44.0 Å². The Balaban J connectivity index is 1.46. The molecular formula is C37H64F2N8O3. The smallest absolute Gasteiger partial charge is 0.232 e. The Hall–Kier alpha value is -2.29. The van der Waals surface area contributed by atoms with Gasteiger partial charge in [0.15, 0.2) is 0 Å². The number of halogens is 2. The fourth-order valence-corrected chi connectivity index (χ4v) is 7.92. The summed E-state index contributed by atoms with van der Waals surface area (Å²) in [5, 5.41) is 6.31. The molecule has 0 bridgehead atoms. The van der Waals surface area contributed by atoms with Crippen molar-refractivity contribution in [3.05, 3.63) is 24.6 Å². The van der Waals surface area contributed by atoms with Crippen LogP contribution >= 0.6 is 0 Å². The third-order valence-electron chi connectivity index (χ3n) is 11.2. The number of carbonyl (C=O) groups excluding carboxylic acids is 2. The second-order valence-corrected chi connectivity index (χ2v) is 14.7. The van der Waals surface area contributed by atoms with E-state index in [1.807, 2.05) is 4.90 Å². The van der Waals surface area contributed by atoms with Gasteiger partial charge in [-0.15, -0.1) is 6.58 Å². The van der Waals surface area contributed by atoms with Gasteiger partial charge in [0.2, 0.25) is 11.8 Å². The molecule has 0 radical (unpaired) electrons. The molecule has 4 aliphatic heterocycles. The molecular weight excluding hydrogens is 642 g/mol. The summed E-state index contributed by atoms with van der Waals surface area (Å²) < 4.78 is 35.9. The van der Waals surface area contributed by atoms with Gasteiger partial charge in [-0.25, -0.2) is 8.78 Å². The number of rotatable bonds is 17. The van der Waals surface area contributed by atoms with Crippen molar-refractivity contribution in [3.63, 3.8) is 0 Å². The zero-order valence-electron chi connectivity index (χ0n) is 31.0. The minimum atomic E-state index is -1.19. The highest BCUT2D eigenvalue weighted by molar-refractivity contribution is 6.04. The minimum Gasteiger partial charge on any atom is -0.378 e. The van der Waals surface area contributed by atoms with Crippen molar-refractivity contribution in [1.29, 1.82) is 0 Å². The number of alkyl halides is 1. The van der Waals surface area contributed by atoms with E-state index in [9.17, 15) is 14.0 Å². The van der Waals surface area contributed by atoms with Crippen LogP contribution in [0, 0.1) is 11.8 Å². The van der Waals surface area contributed by atoms with Crippen molar-refractivity contribution in [2.24, 2.45) is 22.6 Å². The number of hydrogen-bond acceptors (Lipinski definition) is 9. The summed E-state index contributed by atoms with van der Waals surface area (Å²) in [6.45, 7) is 18.3. The van der Waals surface area contributed by atoms with Gasteiger partial charge in [-0.1, -0.05) is 38.3 Å². The number of piperidine rings is 2. The normalized spacial score (nSPS) is 27.4. The molecule has 284 valence electrons. The van der Waals surface area contributed by atoms with Gasteiger partial charge < -0.3 is 20.7 Å². The van der Waals surface area contributed by atoms with E-state index in [1.165, 1.54) is 6.08 Å². The maximum Gasteiger partial charge on any atom is 0.232 e. The molecule has 4 N–H and O–H groups in total. The standard InChI is InChI=1S/C37H64F2N8O3/c1-6-9-10-11-26(4)47-22-31(39)34(32(23-47)43-36(48)33(35(40)41-14-7-2)27(5)42-21-29(38)8-3)45-15-12-28(13-16-45)37(49)46-19-17-44(18-20-46)30-24-50-25-30/h7-8,26,28,30-35,41H,2,6,9-25,40H2,1,3-5H3,(H,43,48)/b29-8+,42-27+. The highest BCUT2D eigenvalue weighted by Gasteiger charge is 2.45. The van der Waals surface area contributed by atoms with Crippen LogP contribution in [0.15, 0.2) is 29.6 Å². The van der Waals surface area contributed by atoms with Crippen LogP contribution in [0.2, 0.25) is 0 Å². The lowest BCUT2D eigenvalue weighted by atomic mass is 9.88. The number of aliphatic imine (C=N–C) groups is 1. The summed E-state index contributed by atoms with van der Waals surface area (Å²) in [5.41, 5.74) is 6.89. The lowest BCUT2D eigenvalue weighted by molar-refractivity contribution is -0.141. The molecule has 4 aliphatic rings. The Labute approximate surface area is 299 Å². The lowest BCUT2D eigenvalue weighted by Crippen LogP contribution is -2.68. The van der Waals surface area contributed by atoms with Gasteiger partial charge >= 0.3 is 0 Å². The number of likely N-dealkylation sites (tertiary alicyclic amines) is 2. The third-order valence-corrected chi connectivity index (χ3v) is 11.2. The van der Waals surface area contributed by atoms with E-state index in [0.717, 1.165) is 65.1 Å². The van der Waals surface area contributed by atoms with Gasteiger partial charge in [-0.2, -0.15) is 0 Å². The number of hydrogen-bond donors (Lipinski definition) is 3. The van der Waals surface area contributed by atoms with Crippen molar-refractivity contribution in [3.8, 4) is 0 Å². The number of nitrogens with zero attached hydrogens (tertiary/aromatic N) is 5. The quantitative estimate of drug-likeness (QED) is 0.0916. The fraction of sp³-hybridized carbons (Fsp3) is 0.811. The molecule has 13 heteroatoms. The summed E-state index contributed by atoms with van der Waals surface area (Å²) in [4.78, 5) is 40.8. The number of amides is 2. The molecule has 50 heavy (non-hydrogen) atoms. The van der Waals surface area contributed by atoms with Crippen LogP contribution in [-0.4, -0.2) is 152 Å². The molecule has 4 fully saturated rings. The van der Waals surface area contributed by atoms with Crippen LogP contribution in [0.1, 0.15) is 66.2 Å². The molecule has 6 atom stereocenters. The Morgan fingerprint density at radius 3 is 2.38 bits per heavy atom. The molecule has 6 unspecified atom stereocenters. The second kappa shape index (κ2) is 20.1. The summed E-state index contributed by atoms with van der Waals surface area (Å²) in [6, 6.07) is -0.404. The fourth-order valence-electron chi connectivity index (χ4n) is 7.92. The van der Waals surface area contributed by atoms with Crippen LogP contribution in [0.25, 0.3) is 0 Å². The third kappa shape index (κ3) is 10.9. The van der Waals surface area contributed by atoms with E-state index >= 15 is 4.39 Å². The number of carbonyl (C=O) groups is 2. The Morgan fingerprint density at radius 2 is 1.78 bits per heavy atom. The van der Waals surface area contributed by atoms with Gasteiger partial charge in [0.1, 0.15) is 17.9 Å². The first-order chi connectivity index (χ1) is 24.1. The first-order valence-electron chi connectivity index (χ1n) is 19.0. The van der Waals surface area contributed by atoms with Crippen molar-refractivity contribution < 1.29 is 23.1 Å². The van der Waals surface area contributed by atoms with Gasteiger partial charge in [-0.3, -0.25) is 34.6 Å². The van der Waals surface area contributed by atoms with Crippen LogP contribution in [0.5, 0.6) is 0 Å². The van der Waals surface area contributed by atoms with Crippen LogP contribution in [0.4, 0.5) is 8.78 Å². The second-order valence-electron chi connectivity index (χ2n) is 14.7. The van der Waals surface area contributed by atoms with Crippen molar-refractivity contribution >= 4 is 17.5 Å². The van der Waals surface area contributed by atoms with E-state index in [1.54, 1.807) is 19.9 Å². The van der Waals surface area contributed by atoms with Gasteiger partial charge in [0.25, 0.3) is 0 Å². The molecule has 4 heterocycles. The predicted octanol–water partition coefficient (Wildman–Crippen LogP) is 2.73. The summed E-state index contributed by atoms with van der Waals surface area (Å²) in [5.74, 6) is -1.53. The van der Waals surface area contributed by atoms with E-state index in [4.69, 9.17) is 10.5 Å². The molecule has 0 spiro atoms. The lowest BCUT2D eigenvalue weighted by Gasteiger charge is -2.49. The number of nitrogens with two attached hydrogens (primary N) is 1. The first kappa shape index (κ1) is 40.5. The Kier molecular flexibility index (Phi) is 16.3. The first-order valence-corrected chi connectivity index (χ1v) is 19.0. The monoisotopic (exact) mass is 707 g/mol. The van der Waals surface area contributed by atoms with E-state index in [2.05, 4.69) is 50.8 Å². The SMILES string of the molecule is C=CCNC(N)C(C(=O)NC1CN(C(C)CCCCC)CC(F)C1N1CCC(C(=O)N2CCN(C3COC3)CC2)CC1)/C(C)=N/C/C(F)=C\C. The summed E-state index contributed by atoms with van der Waals surface area (Å²) >= 11 is 0. The van der Waals surface area contributed by atoms with E-state index < -0.39 is 36.2 Å². The molecule has 11 nitrogen and oxygen atoms in total. The molecule has 0 aliphatic carbocycles. The van der Waals surface area contributed by atoms with E-state index in [-0.39, 0.29) is 30.3 Å². The molecule has 0 aromatic heterocycles. The largest absolute Gasteiger partial charge is 0.378 e. The summed E-state index contributed by atoms with van der Waals surface area (Å²) in [7, 11) is 0. The minimum absolute atomic E-state index is 0.0793. The topological polar surface area (TPSA) is 119 Å². The average molecular weight is 707 g/mol. The highest BCUT2D eigenvalue weighted by Crippen LogP contribution is 2.29. The zero-order chi connectivity index (χ0) is 36.2. The molecule has 4 saturated heterocycles. The van der Waals surface area contributed by atoms with Crippen molar-refractivity contribution in [2.45, 2.75) is 103 Å². The van der Waals surface area contributed by atoms with Crippen molar-refractivity contribution in [2.75, 3.05) is 78.7 Å². The highest BCUT2D eigenvalue weighted by atomic mass is 19.1. The van der Waals surface area contributed by atoms with Crippen LogP contribution < -0.4 is 16.4 Å². The number of nitrogens with one attached hydrogen (secondary N) is 2. The molecule has 2 amide bonds. The van der Waals surface area contributed by atoms with E-state index in [0.29, 0.717) is 57.3 Å². The molecule has 0 aromatic carbocycles. The molecule has 4 rings (SSSR count). The van der Waals surface area contributed by atoms with Crippen LogP contribution in [-0.2, 0) is 14.3 Å². The maximum absolute atomic E-state index is 16.5. The molecule has 0 saturated carbocycles. The van der Waals surface area contributed by atoms with Gasteiger partial charge in [-0.05, 0) is 53.1 Å². The predicted molar refractivity (Wildman–Crippen MR) is 195 cm³/mol. The Morgan fingerprint density at radius 1 is 1.08 bits per heavy atom. The van der Waals surface area contributed by atoms with Crippen LogP contribution in [0.3, 0.4) is 0 Å². The number of ether oxygens (including phenoxy) is 1. The maximum atomic E-state index is 16.5. The zero-order valence-corrected chi connectivity index (χ0v) is 31.0. The Bertz CT molecular complexity index is 1150.